The highest BCUT2D eigenvalue weighted by Gasteiger charge is 2.25. The van der Waals surface area contributed by atoms with Crippen molar-refractivity contribution in [2.45, 2.75) is 40.5 Å². The van der Waals surface area contributed by atoms with E-state index in [2.05, 4.69) is 36.0 Å². The summed E-state index contributed by atoms with van der Waals surface area (Å²) in [6, 6.07) is 7.83. The minimum atomic E-state index is -0.0439. The monoisotopic (exact) mass is 367 g/mol. The van der Waals surface area contributed by atoms with Crippen molar-refractivity contribution < 1.29 is 4.79 Å². The van der Waals surface area contributed by atoms with Gasteiger partial charge >= 0.3 is 6.03 Å². The molecule has 6 nitrogen and oxygen atoms in total. The van der Waals surface area contributed by atoms with Crippen molar-refractivity contribution in [2.75, 3.05) is 36.4 Å². The average Bonchev–Trinajstić information content (AvgIpc) is 2.62. The summed E-state index contributed by atoms with van der Waals surface area (Å²) < 4.78 is 0. The average molecular weight is 367 g/mol. The smallest absolute Gasteiger partial charge is 0.321 e. The summed E-state index contributed by atoms with van der Waals surface area (Å²) in [5.41, 5.74) is 4.26. The van der Waals surface area contributed by atoms with Gasteiger partial charge in [0.05, 0.1) is 0 Å². The standard InChI is InChI=1S/C21H29N5O/c1-14(2)19-16(4)22-17(5)23-20(19)25-10-12-26(13-11-25)21(27)24-18-8-6-15(3)7-9-18/h6-9,14H,10-13H2,1-5H3,(H,24,27). The molecule has 1 saturated heterocycles. The maximum Gasteiger partial charge on any atom is 0.321 e. The minimum absolute atomic E-state index is 0.0439. The fourth-order valence-electron chi connectivity index (χ4n) is 3.58. The van der Waals surface area contributed by atoms with Crippen LogP contribution in [-0.2, 0) is 0 Å². The van der Waals surface area contributed by atoms with Gasteiger partial charge in [0.2, 0.25) is 0 Å². The van der Waals surface area contributed by atoms with E-state index in [-0.39, 0.29) is 6.03 Å². The van der Waals surface area contributed by atoms with Crippen LogP contribution in [0.2, 0.25) is 0 Å². The highest BCUT2D eigenvalue weighted by Crippen LogP contribution is 2.29. The molecule has 27 heavy (non-hydrogen) atoms. The number of aryl methyl sites for hydroxylation is 3. The summed E-state index contributed by atoms with van der Waals surface area (Å²) in [4.78, 5) is 26.0. The first kappa shape index (κ1) is 19.1. The van der Waals surface area contributed by atoms with Gasteiger partial charge in [0.1, 0.15) is 11.6 Å². The quantitative estimate of drug-likeness (QED) is 0.894. The van der Waals surface area contributed by atoms with Gasteiger partial charge in [-0.3, -0.25) is 0 Å². The summed E-state index contributed by atoms with van der Waals surface area (Å²) in [5.74, 6) is 2.18. The number of nitrogens with zero attached hydrogens (tertiary/aromatic N) is 4. The van der Waals surface area contributed by atoms with Gasteiger partial charge in [0.25, 0.3) is 0 Å². The third kappa shape index (κ3) is 4.38. The Hall–Kier alpha value is -2.63. The fourth-order valence-corrected chi connectivity index (χ4v) is 3.58. The van der Waals surface area contributed by atoms with Crippen LogP contribution in [0.25, 0.3) is 0 Å². The fraction of sp³-hybridized carbons (Fsp3) is 0.476. The molecule has 2 aromatic rings. The molecular weight excluding hydrogens is 338 g/mol. The molecule has 0 spiro atoms. The number of benzene rings is 1. The van der Waals surface area contributed by atoms with E-state index in [0.717, 1.165) is 36.1 Å². The molecule has 1 aliphatic heterocycles. The van der Waals surface area contributed by atoms with Gasteiger partial charge in [-0.1, -0.05) is 31.5 Å². The Labute approximate surface area is 161 Å². The van der Waals surface area contributed by atoms with Gasteiger partial charge in [-0.25, -0.2) is 14.8 Å². The van der Waals surface area contributed by atoms with Gasteiger partial charge in [-0.2, -0.15) is 0 Å². The highest BCUT2D eigenvalue weighted by atomic mass is 16.2. The Morgan fingerprint density at radius 1 is 1.00 bits per heavy atom. The Bertz CT molecular complexity index is 808. The summed E-state index contributed by atoms with van der Waals surface area (Å²) in [6.45, 7) is 13.3. The molecule has 0 unspecified atom stereocenters. The lowest BCUT2D eigenvalue weighted by Crippen LogP contribution is -2.50. The lowest BCUT2D eigenvalue weighted by atomic mass is 10.0. The molecular formula is C21H29N5O. The second-order valence-electron chi connectivity index (χ2n) is 7.52. The molecule has 0 bridgehead atoms. The maximum absolute atomic E-state index is 12.5. The third-order valence-electron chi connectivity index (χ3n) is 4.97. The predicted octanol–water partition coefficient (Wildman–Crippen LogP) is 3.88. The molecule has 0 aliphatic carbocycles. The molecule has 1 N–H and O–H groups in total. The molecule has 0 radical (unpaired) electrons. The van der Waals surface area contributed by atoms with Crippen LogP contribution in [0, 0.1) is 20.8 Å². The zero-order valence-electron chi connectivity index (χ0n) is 16.9. The second-order valence-corrected chi connectivity index (χ2v) is 7.52. The van der Waals surface area contributed by atoms with Crippen LogP contribution >= 0.6 is 0 Å². The molecule has 144 valence electrons. The number of aromatic nitrogens is 2. The van der Waals surface area contributed by atoms with Crippen molar-refractivity contribution in [3.63, 3.8) is 0 Å². The topological polar surface area (TPSA) is 61.4 Å². The number of hydrogen-bond acceptors (Lipinski definition) is 4. The number of urea groups is 1. The summed E-state index contributed by atoms with van der Waals surface area (Å²) in [7, 11) is 0. The number of piperazine rings is 1. The van der Waals surface area contributed by atoms with Crippen molar-refractivity contribution in [3.8, 4) is 0 Å². The van der Waals surface area contributed by atoms with Gasteiger partial charge < -0.3 is 15.1 Å². The van der Waals surface area contributed by atoms with Crippen molar-refractivity contribution in [1.82, 2.24) is 14.9 Å². The molecule has 6 heteroatoms. The molecule has 1 aromatic heterocycles. The number of rotatable bonds is 3. The van der Waals surface area contributed by atoms with Crippen molar-refractivity contribution in [3.05, 3.63) is 46.9 Å². The molecule has 2 heterocycles. The Balaban J connectivity index is 1.67. The van der Waals surface area contributed by atoms with Gasteiger partial charge in [-0.05, 0) is 38.8 Å². The highest BCUT2D eigenvalue weighted by molar-refractivity contribution is 5.89. The van der Waals surface area contributed by atoms with Crippen LogP contribution in [0.4, 0.5) is 16.3 Å². The number of amides is 2. The van der Waals surface area contributed by atoms with E-state index in [4.69, 9.17) is 4.98 Å². The molecule has 3 rings (SSSR count). The lowest BCUT2D eigenvalue weighted by Gasteiger charge is -2.36. The first-order valence-electron chi connectivity index (χ1n) is 9.58. The van der Waals surface area contributed by atoms with Gasteiger partial charge in [-0.15, -0.1) is 0 Å². The predicted molar refractivity (Wildman–Crippen MR) is 110 cm³/mol. The first-order chi connectivity index (χ1) is 12.8. The van der Waals surface area contributed by atoms with E-state index in [1.807, 2.05) is 43.0 Å². The zero-order chi connectivity index (χ0) is 19.6. The molecule has 2 amide bonds. The van der Waals surface area contributed by atoms with Crippen LogP contribution in [-0.4, -0.2) is 47.1 Å². The van der Waals surface area contributed by atoms with E-state index >= 15 is 0 Å². The van der Waals surface area contributed by atoms with Crippen molar-refractivity contribution >= 4 is 17.5 Å². The number of anilines is 2. The number of hydrogen-bond donors (Lipinski definition) is 1. The molecule has 0 saturated carbocycles. The van der Waals surface area contributed by atoms with Gasteiger partial charge in [0, 0.05) is 43.1 Å². The van der Waals surface area contributed by atoms with Crippen molar-refractivity contribution in [1.29, 1.82) is 0 Å². The molecule has 1 fully saturated rings. The van der Waals surface area contributed by atoms with E-state index in [1.165, 1.54) is 11.1 Å². The normalized spacial score (nSPS) is 14.6. The number of carbonyl (C=O) groups excluding carboxylic acids is 1. The van der Waals surface area contributed by atoms with Crippen LogP contribution in [0.3, 0.4) is 0 Å². The molecule has 1 aliphatic rings. The first-order valence-corrected chi connectivity index (χ1v) is 9.58. The summed E-state index contributed by atoms with van der Waals surface area (Å²) in [6.07, 6.45) is 0. The largest absolute Gasteiger partial charge is 0.353 e. The Morgan fingerprint density at radius 2 is 1.63 bits per heavy atom. The lowest BCUT2D eigenvalue weighted by molar-refractivity contribution is 0.208. The van der Waals surface area contributed by atoms with Crippen LogP contribution in [0.15, 0.2) is 24.3 Å². The summed E-state index contributed by atoms with van der Waals surface area (Å²) >= 11 is 0. The van der Waals surface area contributed by atoms with Crippen LogP contribution in [0.5, 0.6) is 0 Å². The van der Waals surface area contributed by atoms with E-state index in [9.17, 15) is 4.79 Å². The minimum Gasteiger partial charge on any atom is -0.353 e. The zero-order valence-corrected chi connectivity index (χ0v) is 16.9. The van der Waals surface area contributed by atoms with Crippen LogP contribution < -0.4 is 10.2 Å². The van der Waals surface area contributed by atoms with E-state index in [1.54, 1.807) is 0 Å². The Morgan fingerprint density at radius 3 is 2.22 bits per heavy atom. The molecule has 0 atom stereocenters. The number of nitrogens with one attached hydrogen (secondary N) is 1. The number of carbonyl (C=O) groups is 1. The van der Waals surface area contributed by atoms with E-state index in [0.29, 0.717) is 19.0 Å². The third-order valence-corrected chi connectivity index (χ3v) is 4.97. The Kier molecular flexibility index (Phi) is 5.63. The second kappa shape index (κ2) is 7.94. The van der Waals surface area contributed by atoms with Crippen LogP contribution in [0.1, 0.15) is 42.4 Å². The van der Waals surface area contributed by atoms with E-state index < -0.39 is 0 Å². The maximum atomic E-state index is 12.5. The SMILES string of the molecule is Cc1ccc(NC(=O)N2CCN(c3nc(C)nc(C)c3C(C)C)CC2)cc1. The summed E-state index contributed by atoms with van der Waals surface area (Å²) in [5, 5.41) is 2.98. The van der Waals surface area contributed by atoms with Gasteiger partial charge in [0.15, 0.2) is 0 Å². The molecule has 1 aromatic carbocycles. The van der Waals surface area contributed by atoms with Crippen molar-refractivity contribution in [2.24, 2.45) is 0 Å².